The minimum atomic E-state index is -0.319. The Morgan fingerprint density at radius 2 is 1.82 bits per heavy atom. The minimum Gasteiger partial charge on any atom is -0.481 e. The maximum absolute atomic E-state index is 12.6. The second kappa shape index (κ2) is 7.44. The number of anilines is 2. The molecule has 1 heterocycles. The minimum absolute atomic E-state index is 0.109. The molecular formula is C22H18N2O4. The van der Waals surface area contributed by atoms with Crippen LogP contribution in [0.1, 0.15) is 15.9 Å². The Bertz CT molecular complexity index is 1040. The van der Waals surface area contributed by atoms with Gasteiger partial charge in [0.2, 0.25) is 0 Å². The molecule has 1 aliphatic rings. The van der Waals surface area contributed by atoms with Crippen molar-refractivity contribution in [3.8, 4) is 17.2 Å². The maximum Gasteiger partial charge on any atom is 0.262 e. The lowest BCUT2D eigenvalue weighted by Gasteiger charge is -2.20. The topological polar surface area (TPSA) is 76.7 Å². The van der Waals surface area contributed by atoms with Crippen molar-refractivity contribution in [1.82, 2.24) is 0 Å². The molecule has 0 fully saturated rings. The second-order valence-corrected chi connectivity index (χ2v) is 6.42. The van der Waals surface area contributed by atoms with Gasteiger partial charge in [-0.25, -0.2) is 0 Å². The van der Waals surface area contributed by atoms with E-state index in [1.165, 1.54) is 0 Å². The van der Waals surface area contributed by atoms with Gasteiger partial charge in [0, 0.05) is 5.69 Å². The van der Waals surface area contributed by atoms with Crippen LogP contribution < -0.4 is 20.1 Å². The van der Waals surface area contributed by atoms with Gasteiger partial charge in [0.05, 0.1) is 11.3 Å². The van der Waals surface area contributed by atoms with Crippen molar-refractivity contribution in [3.63, 3.8) is 0 Å². The molecule has 2 N–H and O–H groups in total. The highest BCUT2D eigenvalue weighted by atomic mass is 16.5. The number of nitrogens with one attached hydrogen (secondary N) is 2. The van der Waals surface area contributed by atoms with E-state index in [1.54, 1.807) is 42.5 Å². The summed E-state index contributed by atoms with van der Waals surface area (Å²) in [5.41, 5.74) is 2.59. The quantitative estimate of drug-likeness (QED) is 0.711. The van der Waals surface area contributed by atoms with E-state index in [0.29, 0.717) is 28.4 Å². The number of hydrogen-bond donors (Lipinski definition) is 2. The smallest absolute Gasteiger partial charge is 0.262 e. The van der Waals surface area contributed by atoms with Gasteiger partial charge in [-0.15, -0.1) is 0 Å². The molecule has 0 saturated heterocycles. The Morgan fingerprint density at radius 1 is 1.04 bits per heavy atom. The van der Waals surface area contributed by atoms with Gasteiger partial charge in [-0.2, -0.15) is 0 Å². The van der Waals surface area contributed by atoms with Gasteiger partial charge in [0.1, 0.15) is 11.5 Å². The van der Waals surface area contributed by atoms with Crippen molar-refractivity contribution in [2.45, 2.75) is 6.92 Å². The molecule has 0 bridgehead atoms. The molecule has 0 radical (unpaired) electrons. The second-order valence-electron chi connectivity index (χ2n) is 6.42. The van der Waals surface area contributed by atoms with Gasteiger partial charge in [-0.1, -0.05) is 18.2 Å². The molecule has 0 saturated carbocycles. The predicted octanol–water partition coefficient (Wildman–Crippen LogP) is 4.37. The van der Waals surface area contributed by atoms with Gasteiger partial charge < -0.3 is 20.1 Å². The van der Waals surface area contributed by atoms with Crippen LogP contribution in [-0.2, 0) is 4.79 Å². The van der Waals surface area contributed by atoms with E-state index in [4.69, 9.17) is 9.47 Å². The number of carbonyl (C=O) groups excluding carboxylic acids is 2. The first-order valence-electron chi connectivity index (χ1n) is 8.80. The Labute approximate surface area is 162 Å². The molecule has 28 heavy (non-hydrogen) atoms. The van der Waals surface area contributed by atoms with Gasteiger partial charge in [0.25, 0.3) is 11.8 Å². The molecule has 6 heteroatoms. The van der Waals surface area contributed by atoms with E-state index >= 15 is 0 Å². The Kier molecular flexibility index (Phi) is 4.68. The molecule has 140 valence electrons. The van der Waals surface area contributed by atoms with Crippen molar-refractivity contribution in [2.75, 3.05) is 17.2 Å². The van der Waals surface area contributed by atoms with Gasteiger partial charge >= 0.3 is 0 Å². The first-order valence-corrected chi connectivity index (χ1v) is 8.80. The number of aryl methyl sites for hydroxylation is 1. The maximum atomic E-state index is 12.6. The van der Waals surface area contributed by atoms with Crippen LogP contribution in [0.2, 0.25) is 0 Å². The number of hydrogen-bond acceptors (Lipinski definition) is 4. The van der Waals surface area contributed by atoms with Crippen LogP contribution in [0.5, 0.6) is 17.2 Å². The van der Waals surface area contributed by atoms with Crippen LogP contribution in [0.3, 0.4) is 0 Å². The van der Waals surface area contributed by atoms with E-state index < -0.39 is 0 Å². The van der Waals surface area contributed by atoms with Crippen molar-refractivity contribution in [2.24, 2.45) is 0 Å². The molecule has 3 aromatic carbocycles. The monoisotopic (exact) mass is 374 g/mol. The van der Waals surface area contributed by atoms with Gasteiger partial charge in [-0.05, 0) is 61.0 Å². The van der Waals surface area contributed by atoms with E-state index in [2.05, 4.69) is 10.6 Å². The largest absolute Gasteiger partial charge is 0.481 e. The van der Waals surface area contributed by atoms with Crippen molar-refractivity contribution >= 4 is 23.2 Å². The van der Waals surface area contributed by atoms with Crippen molar-refractivity contribution in [3.05, 3.63) is 77.9 Å². The van der Waals surface area contributed by atoms with Crippen LogP contribution in [0.4, 0.5) is 11.4 Å². The summed E-state index contributed by atoms with van der Waals surface area (Å²) >= 11 is 0. The molecule has 2 amide bonds. The Balaban J connectivity index is 1.47. The molecule has 0 unspecified atom stereocenters. The highest BCUT2D eigenvalue weighted by molar-refractivity contribution is 6.09. The molecule has 0 atom stereocenters. The van der Waals surface area contributed by atoms with Crippen LogP contribution in [-0.4, -0.2) is 18.4 Å². The summed E-state index contributed by atoms with van der Waals surface area (Å²) in [5, 5.41) is 5.53. The number of benzene rings is 3. The molecule has 3 aromatic rings. The van der Waals surface area contributed by atoms with Gasteiger partial charge in [0.15, 0.2) is 12.4 Å². The molecule has 1 aliphatic heterocycles. The SMILES string of the molecule is Cc1cccc(Oc2ccc(NC(=O)c3cccc4c3OCC(=O)N4)cc2)c1. The highest BCUT2D eigenvalue weighted by Crippen LogP contribution is 2.32. The van der Waals surface area contributed by atoms with E-state index in [1.807, 2.05) is 31.2 Å². The predicted molar refractivity (Wildman–Crippen MR) is 106 cm³/mol. The normalized spacial score (nSPS) is 12.4. The highest BCUT2D eigenvalue weighted by Gasteiger charge is 2.22. The standard InChI is InChI=1S/C22H18N2O4/c1-14-4-2-5-17(12-14)28-16-10-8-15(9-11-16)23-22(26)18-6-3-7-19-21(18)27-13-20(25)24-19/h2-12H,13H2,1H3,(H,23,26)(H,24,25). The summed E-state index contributed by atoms with van der Waals surface area (Å²) < 4.78 is 11.2. The summed E-state index contributed by atoms with van der Waals surface area (Å²) in [5.74, 6) is 1.24. The first kappa shape index (κ1) is 17.6. The van der Waals surface area contributed by atoms with Crippen LogP contribution >= 0.6 is 0 Å². The Hall–Kier alpha value is -3.80. The van der Waals surface area contributed by atoms with Crippen molar-refractivity contribution in [1.29, 1.82) is 0 Å². The number of para-hydroxylation sites is 1. The summed E-state index contributed by atoms with van der Waals surface area (Å²) in [4.78, 5) is 24.1. The average Bonchev–Trinajstić information content (AvgIpc) is 2.69. The molecule has 0 aromatic heterocycles. The lowest BCUT2D eigenvalue weighted by molar-refractivity contribution is -0.118. The first-order chi connectivity index (χ1) is 13.6. The zero-order valence-corrected chi connectivity index (χ0v) is 15.2. The van der Waals surface area contributed by atoms with Crippen molar-refractivity contribution < 1.29 is 19.1 Å². The van der Waals surface area contributed by atoms with E-state index in [9.17, 15) is 9.59 Å². The fraction of sp³-hybridized carbons (Fsp3) is 0.0909. The molecule has 6 nitrogen and oxygen atoms in total. The summed E-state index contributed by atoms with van der Waals surface area (Å²) in [7, 11) is 0. The number of ether oxygens (including phenoxy) is 2. The van der Waals surface area contributed by atoms with E-state index in [-0.39, 0.29) is 18.4 Å². The fourth-order valence-corrected chi connectivity index (χ4v) is 2.91. The summed E-state index contributed by atoms with van der Waals surface area (Å²) in [6.07, 6.45) is 0. The average molecular weight is 374 g/mol. The lowest BCUT2D eigenvalue weighted by atomic mass is 10.1. The lowest BCUT2D eigenvalue weighted by Crippen LogP contribution is -2.27. The number of amides is 2. The summed E-state index contributed by atoms with van der Waals surface area (Å²) in [6, 6.07) is 19.9. The number of carbonyl (C=O) groups is 2. The van der Waals surface area contributed by atoms with Crippen LogP contribution in [0.15, 0.2) is 66.7 Å². The molecule has 4 rings (SSSR count). The third-order valence-corrected chi connectivity index (χ3v) is 4.22. The fourth-order valence-electron chi connectivity index (χ4n) is 2.91. The third-order valence-electron chi connectivity index (χ3n) is 4.22. The third kappa shape index (κ3) is 3.81. The molecular weight excluding hydrogens is 356 g/mol. The van der Waals surface area contributed by atoms with Crippen LogP contribution in [0.25, 0.3) is 0 Å². The van der Waals surface area contributed by atoms with E-state index in [0.717, 1.165) is 11.3 Å². The molecule has 0 spiro atoms. The van der Waals surface area contributed by atoms with Crippen LogP contribution in [0, 0.1) is 6.92 Å². The Morgan fingerprint density at radius 3 is 2.61 bits per heavy atom. The number of rotatable bonds is 4. The molecule has 0 aliphatic carbocycles. The zero-order chi connectivity index (χ0) is 19.5. The summed E-state index contributed by atoms with van der Waals surface area (Å²) in [6.45, 7) is 1.89. The van der Waals surface area contributed by atoms with Gasteiger partial charge in [-0.3, -0.25) is 9.59 Å². The zero-order valence-electron chi connectivity index (χ0n) is 15.2. The number of fused-ring (bicyclic) bond motifs is 1.